The summed E-state index contributed by atoms with van der Waals surface area (Å²) in [6.07, 6.45) is 1.85. The number of hydrogen-bond donors (Lipinski definition) is 2. The van der Waals surface area contributed by atoms with E-state index in [0.717, 1.165) is 35.5 Å². The molecule has 136 valence electrons. The SMILES string of the molecule is COCCN1C(=O)[C@@H]2[C@H]3CCC[NH+]3[C@@]3(C(=O)Nc4ccccc43)[C@@H]2C1=O. The number of ether oxygens (including phenoxy) is 1. The number of anilines is 1. The Hall–Kier alpha value is -2.25. The number of nitrogens with one attached hydrogen (secondary N) is 2. The molecular weight excluding hydrogens is 334 g/mol. The zero-order chi connectivity index (χ0) is 18.1. The van der Waals surface area contributed by atoms with E-state index in [-0.39, 0.29) is 30.3 Å². The molecule has 1 spiro atoms. The van der Waals surface area contributed by atoms with Gasteiger partial charge >= 0.3 is 0 Å². The Kier molecular flexibility index (Phi) is 3.30. The molecule has 5 atom stereocenters. The molecule has 26 heavy (non-hydrogen) atoms. The lowest BCUT2D eigenvalue weighted by atomic mass is 9.75. The van der Waals surface area contributed by atoms with Crippen LogP contribution in [0.1, 0.15) is 18.4 Å². The number of amides is 3. The summed E-state index contributed by atoms with van der Waals surface area (Å²) >= 11 is 0. The summed E-state index contributed by atoms with van der Waals surface area (Å²) in [5.41, 5.74) is 0.665. The zero-order valence-electron chi connectivity index (χ0n) is 14.7. The number of methoxy groups -OCH3 is 1. The molecule has 4 heterocycles. The molecule has 0 aromatic heterocycles. The number of benzene rings is 1. The van der Waals surface area contributed by atoms with E-state index in [1.807, 2.05) is 24.3 Å². The van der Waals surface area contributed by atoms with E-state index in [4.69, 9.17) is 4.74 Å². The monoisotopic (exact) mass is 356 g/mol. The van der Waals surface area contributed by atoms with Gasteiger partial charge in [-0.25, -0.2) is 0 Å². The molecule has 0 radical (unpaired) electrons. The van der Waals surface area contributed by atoms with Gasteiger partial charge in [-0.15, -0.1) is 0 Å². The van der Waals surface area contributed by atoms with Crippen molar-refractivity contribution in [2.45, 2.75) is 24.4 Å². The maximum Gasteiger partial charge on any atom is 0.291 e. The molecule has 0 aliphatic carbocycles. The zero-order valence-corrected chi connectivity index (χ0v) is 14.7. The number of hydrogen-bond acceptors (Lipinski definition) is 4. The van der Waals surface area contributed by atoms with E-state index >= 15 is 0 Å². The molecule has 0 saturated carbocycles. The van der Waals surface area contributed by atoms with E-state index in [9.17, 15) is 14.4 Å². The summed E-state index contributed by atoms with van der Waals surface area (Å²) in [5.74, 6) is -1.51. The third-order valence-electron chi connectivity index (χ3n) is 6.73. The molecule has 4 aliphatic rings. The van der Waals surface area contributed by atoms with Crippen LogP contribution < -0.4 is 10.2 Å². The van der Waals surface area contributed by atoms with Gasteiger partial charge in [-0.2, -0.15) is 0 Å². The quantitative estimate of drug-likeness (QED) is 0.691. The fraction of sp³-hybridized carbons (Fsp3) is 0.526. The third-order valence-corrected chi connectivity index (χ3v) is 6.73. The maximum absolute atomic E-state index is 13.3. The van der Waals surface area contributed by atoms with Crippen molar-refractivity contribution in [1.29, 1.82) is 0 Å². The molecule has 3 amide bonds. The molecule has 0 bridgehead atoms. The van der Waals surface area contributed by atoms with E-state index in [2.05, 4.69) is 5.32 Å². The van der Waals surface area contributed by atoms with Crippen molar-refractivity contribution < 1.29 is 24.0 Å². The van der Waals surface area contributed by atoms with Gasteiger partial charge in [0.2, 0.25) is 17.4 Å². The molecule has 3 fully saturated rings. The average Bonchev–Trinajstić information content (AvgIpc) is 3.33. The van der Waals surface area contributed by atoms with Gasteiger partial charge in [0.05, 0.1) is 25.4 Å². The number of likely N-dealkylation sites (tertiary alicyclic amines) is 1. The summed E-state index contributed by atoms with van der Waals surface area (Å²) in [5, 5.41) is 2.98. The molecule has 5 rings (SSSR count). The lowest BCUT2D eigenvalue weighted by Gasteiger charge is -2.33. The maximum atomic E-state index is 13.3. The highest BCUT2D eigenvalue weighted by Gasteiger charge is 2.78. The molecule has 4 aliphatic heterocycles. The molecule has 1 aromatic carbocycles. The number of carbonyl (C=O) groups is 3. The van der Waals surface area contributed by atoms with Gasteiger partial charge in [-0.3, -0.25) is 19.3 Å². The lowest BCUT2D eigenvalue weighted by molar-refractivity contribution is -0.948. The van der Waals surface area contributed by atoms with Gasteiger partial charge in [0, 0.05) is 25.5 Å². The first-order chi connectivity index (χ1) is 12.6. The molecule has 7 heteroatoms. The highest BCUT2D eigenvalue weighted by atomic mass is 16.5. The smallest absolute Gasteiger partial charge is 0.291 e. The van der Waals surface area contributed by atoms with E-state index in [1.165, 1.54) is 4.90 Å². The fourth-order valence-electron chi connectivity index (χ4n) is 5.88. The van der Waals surface area contributed by atoms with Crippen LogP contribution in [-0.2, 0) is 24.7 Å². The minimum atomic E-state index is -0.975. The van der Waals surface area contributed by atoms with Crippen molar-refractivity contribution in [3.8, 4) is 0 Å². The number of fused-ring (bicyclic) bond motifs is 7. The molecule has 3 saturated heterocycles. The first-order valence-corrected chi connectivity index (χ1v) is 9.23. The summed E-state index contributed by atoms with van der Waals surface area (Å²) in [6.45, 7) is 1.38. The highest BCUT2D eigenvalue weighted by Crippen LogP contribution is 2.51. The standard InChI is InChI=1S/C19H21N3O4/c1-26-10-9-21-16(23)14-13-7-4-8-22(13)19(15(14)17(21)24)11-5-2-3-6-12(11)20-18(19)25/h2-3,5-6,13-15H,4,7-10H2,1H3,(H,20,25)/p+1/t13-,14-,15+,19-/m1/s1. The van der Waals surface area contributed by atoms with Crippen LogP contribution in [0.3, 0.4) is 0 Å². The van der Waals surface area contributed by atoms with Crippen molar-refractivity contribution in [2.75, 3.05) is 32.1 Å². The first kappa shape index (κ1) is 16.0. The second-order valence-electron chi connectivity index (χ2n) is 7.66. The highest BCUT2D eigenvalue weighted by molar-refractivity contribution is 6.14. The fourth-order valence-corrected chi connectivity index (χ4v) is 5.88. The normalized spacial score (nSPS) is 37.3. The topological polar surface area (TPSA) is 80.2 Å². The van der Waals surface area contributed by atoms with Crippen LogP contribution in [0.25, 0.3) is 0 Å². The molecule has 2 N–H and O–H groups in total. The average molecular weight is 356 g/mol. The van der Waals surface area contributed by atoms with E-state index in [1.54, 1.807) is 7.11 Å². The minimum absolute atomic E-state index is 0.0286. The van der Waals surface area contributed by atoms with E-state index < -0.39 is 17.4 Å². The largest absolute Gasteiger partial charge is 0.383 e. The number of para-hydroxylation sites is 1. The number of imide groups is 1. The lowest BCUT2D eigenvalue weighted by Crippen LogP contribution is -3.19. The van der Waals surface area contributed by atoms with Crippen LogP contribution in [0.15, 0.2) is 24.3 Å². The summed E-state index contributed by atoms with van der Waals surface area (Å²) < 4.78 is 5.07. The number of rotatable bonds is 3. The molecule has 1 aromatic rings. The van der Waals surface area contributed by atoms with Crippen molar-refractivity contribution in [2.24, 2.45) is 11.8 Å². The number of nitrogens with zero attached hydrogens (tertiary/aromatic N) is 1. The third kappa shape index (κ3) is 1.68. The Labute approximate surface area is 151 Å². The molecule has 7 nitrogen and oxygen atoms in total. The Balaban J connectivity index is 1.68. The summed E-state index contributed by atoms with van der Waals surface area (Å²) in [6, 6.07) is 7.63. The van der Waals surface area contributed by atoms with Gasteiger partial charge in [-0.05, 0) is 6.07 Å². The minimum Gasteiger partial charge on any atom is -0.383 e. The van der Waals surface area contributed by atoms with Crippen LogP contribution >= 0.6 is 0 Å². The van der Waals surface area contributed by atoms with Crippen molar-refractivity contribution in [3.63, 3.8) is 0 Å². The van der Waals surface area contributed by atoms with Gasteiger partial charge in [0.15, 0.2) is 0 Å². The second-order valence-corrected chi connectivity index (χ2v) is 7.66. The Morgan fingerprint density at radius 3 is 2.88 bits per heavy atom. The van der Waals surface area contributed by atoms with Gasteiger partial charge in [0.1, 0.15) is 17.9 Å². The Morgan fingerprint density at radius 2 is 2.08 bits per heavy atom. The molecule has 1 unspecified atom stereocenters. The van der Waals surface area contributed by atoms with Crippen LogP contribution in [0.2, 0.25) is 0 Å². The van der Waals surface area contributed by atoms with Gasteiger partial charge in [-0.1, -0.05) is 18.2 Å². The van der Waals surface area contributed by atoms with Crippen molar-refractivity contribution in [1.82, 2.24) is 4.90 Å². The van der Waals surface area contributed by atoms with Gasteiger partial charge in [0.25, 0.3) is 5.91 Å². The summed E-state index contributed by atoms with van der Waals surface area (Å²) in [4.78, 5) is 42.1. The predicted molar refractivity (Wildman–Crippen MR) is 91.2 cm³/mol. The Morgan fingerprint density at radius 1 is 1.27 bits per heavy atom. The van der Waals surface area contributed by atoms with Crippen molar-refractivity contribution >= 4 is 23.4 Å². The van der Waals surface area contributed by atoms with Crippen LogP contribution in [0, 0.1) is 11.8 Å². The van der Waals surface area contributed by atoms with Crippen molar-refractivity contribution in [3.05, 3.63) is 29.8 Å². The second kappa shape index (κ2) is 5.37. The first-order valence-electron chi connectivity index (χ1n) is 9.23. The van der Waals surface area contributed by atoms with Gasteiger partial charge < -0.3 is 15.0 Å². The molecular formula is C19H22N3O4+. The van der Waals surface area contributed by atoms with Crippen LogP contribution in [0.4, 0.5) is 5.69 Å². The Bertz CT molecular complexity index is 825. The van der Waals surface area contributed by atoms with E-state index in [0.29, 0.717) is 6.61 Å². The number of quaternary nitrogens is 1. The van der Waals surface area contributed by atoms with Crippen LogP contribution in [0.5, 0.6) is 0 Å². The number of carbonyl (C=O) groups excluding carboxylic acids is 3. The van der Waals surface area contributed by atoms with Crippen LogP contribution in [-0.4, -0.2) is 55.5 Å². The predicted octanol–water partition coefficient (Wildman–Crippen LogP) is -0.857. The summed E-state index contributed by atoms with van der Waals surface area (Å²) in [7, 11) is 1.55.